The lowest BCUT2D eigenvalue weighted by molar-refractivity contribution is 0.0936. The molecule has 3 aromatic rings. The Kier molecular flexibility index (Phi) is 6.07. The number of aryl methyl sites for hydroxylation is 3. The average Bonchev–Trinajstić information content (AvgIpc) is 3.16. The van der Waals surface area contributed by atoms with Gasteiger partial charge in [-0.1, -0.05) is 42.5 Å². The van der Waals surface area contributed by atoms with Gasteiger partial charge in [-0.25, -0.2) is 8.42 Å². The molecule has 1 N–H and O–H groups in total. The Balaban J connectivity index is 1.49. The van der Waals surface area contributed by atoms with Gasteiger partial charge < -0.3 is 5.32 Å². The van der Waals surface area contributed by atoms with Crippen LogP contribution in [-0.4, -0.2) is 20.6 Å². The number of amides is 1. The molecule has 0 aromatic heterocycles. The van der Waals surface area contributed by atoms with Crippen molar-refractivity contribution in [2.45, 2.75) is 39.3 Å². The summed E-state index contributed by atoms with van der Waals surface area (Å²) >= 11 is 0. The summed E-state index contributed by atoms with van der Waals surface area (Å²) in [6.45, 7) is 4.17. The molecule has 1 amide bonds. The van der Waals surface area contributed by atoms with Crippen LogP contribution >= 0.6 is 0 Å². The smallest absolute Gasteiger partial charge is 0.251 e. The number of benzene rings is 3. The summed E-state index contributed by atoms with van der Waals surface area (Å²) in [5, 5.41) is 3.13. The summed E-state index contributed by atoms with van der Waals surface area (Å²) in [5.74, 6) is -0.118. The molecule has 166 valence electrons. The van der Waals surface area contributed by atoms with E-state index in [0.717, 1.165) is 29.5 Å². The van der Waals surface area contributed by atoms with Crippen LogP contribution in [0.5, 0.6) is 0 Å². The minimum absolute atomic E-state index is 0.0314. The van der Waals surface area contributed by atoms with Gasteiger partial charge in [0.05, 0.1) is 24.5 Å². The van der Waals surface area contributed by atoms with Crippen molar-refractivity contribution < 1.29 is 13.2 Å². The summed E-state index contributed by atoms with van der Waals surface area (Å²) in [5.41, 5.74) is 6.65. The van der Waals surface area contributed by atoms with Crippen molar-refractivity contribution in [1.29, 1.82) is 0 Å². The maximum Gasteiger partial charge on any atom is 0.251 e. The quantitative estimate of drug-likeness (QED) is 0.595. The largest absolute Gasteiger partial charge is 0.345 e. The van der Waals surface area contributed by atoms with E-state index in [2.05, 4.69) is 17.4 Å². The lowest BCUT2D eigenvalue weighted by Gasteiger charge is -2.23. The van der Waals surface area contributed by atoms with E-state index in [1.807, 2.05) is 56.3 Å². The molecule has 0 spiro atoms. The highest BCUT2D eigenvalue weighted by Gasteiger charge is 2.24. The van der Waals surface area contributed by atoms with E-state index in [1.54, 1.807) is 12.1 Å². The third-order valence-corrected chi connectivity index (χ3v) is 7.30. The number of anilines is 1. The van der Waals surface area contributed by atoms with Crippen LogP contribution in [0, 0.1) is 13.8 Å². The molecule has 0 aliphatic heterocycles. The fourth-order valence-electron chi connectivity index (χ4n) is 4.16. The van der Waals surface area contributed by atoms with Crippen molar-refractivity contribution in [3.63, 3.8) is 0 Å². The second kappa shape index (κ2) is 8.79. The van der Waals surface area contributed by atoms with Gasteiger partial charge in [-0.2, -0.15) is 0 Å². The van der Waals surface area contributed by atoms with Crippen molar-refractivity contribution in [3.05, 3.63) is 100 Å². The maximum atomic E-state index is 12.8. The Hall–Kier alpha value is -3.12. The fraction of sp³-hybridized carbons (Fsp3) is 0.269. The van der Waals surface area contributed by atoms with Gasteiger partial charge in [0.25, 0.3) is 5.91 Å². The highest BCUT2D eigenvalue weighted by molar-refractivity contribution is 7.92. The molecule has 5 nitrogen and oxygen atoms in total. The number of sulfonamides is 1. The Morgan fingerprint density at radius 1 is 1.00 bits per heavy atom. The van der Waals surface area contributed by atoms with Gasteiger partial charge in [-0.05, 0) is 78.8 Å². The highest BCUT2D eigenvalue weighted by Crippen LogP contribution is 2.31. The molecule has 0 fully saturated rings. The Morgan fingerprint density at radius 2 is 1.72 bits per heavy atom. The van der Waals surface area contributed by atoms with Gasteiger partial charge in [0.1, 0.15) is 0 Å². The Labute approximate surface area is 190 Å². The van der Waals surface area contributed by atoms with Crippen molar-refractivity contribution in [2.24, 2.45) is 0 Å². The van der Waals surface area contributed by atoms with Crippen LogP contribution in [0.4, 0.5) is 5.69 Å². The maximum absolute atomic E-state index is 12.8. The van der Waals surface area contributed by atoms with Gasteiger partial charge >= 0.3 is 0 Å². The Morgan fingerprint density at radius 3 is 2.41 bits per heavy atom. The molecule has 0 radical (unpaired) electrons. The predicted octanol–water partition coefficient (Wildman–Crippen LogP) is 4.69. The topological polar surface area (TPSA) is 66.5 Å². The van der Waals surface area contributed by atoms with E-state index in [1.165, 1.54) is 21.7 Å². The summed E-state index contributed by atoms with van der Waals surface area (Å²) < 4.78 is 26.3. The molecule has 0 saturated carbocycles. The van der Waals surface area contributed by atoms with Crippen LogP contribution in [0.2, 0.25) is 0 Å². The first-order valence-electron chi connectivity index (χ1n) is 10.7. The molecule has 4 rings (SSSR count). The molecule has 1 unspecified atom stereocenters. The predicted molar refractivity (Wildman–Crippen MR) is 128 cm³/mol. The number of nitrogens with zero attached hydrogens (tertiary/aromatic N) is 1. The van der Waals surface area contributed by atoms with Crippen LogP contribution in [0.25, 0.3) is 0 Å². The fourth-order valence-corrected chi connectivity index (χ4v) is 5.04. The van der Waals surface area contributed by atoms with E-state index in [-0.39, 0.29) is 18.5 Å². The molecular formula is C26H28N2O3S. The number of fused-ring (bicyclic) bond motifs is 1. The third-order valence-electron chi connectivity index (χ3n) is 6.16. The summed E-state index contributed by atoms with van der Waals surface area (Å²) in [7, 11) is -3.46. The van der Waals surface area contributed by atoms with Crippen molar-refractivity contribution in [1.82, 2.24) is 5.32 Å². The molecule has 3 aromatic carbocycles. The SMILES string of the molecule is Cc1ccc(N(Cc2ccc(C(=O)NC3CCc4ccccc43)cc2)S(C)(=O)=O)cc1C. The lowest BCUT2D eigenvalue weighted by Crippen LogP contribution is -2.29. The van der Waals surface area contributed by atoms with Crippen molar-refractivity contribution >= 4 is 21.6 Å². The molecule has 32 heavy (non-hydrogen) atoms. The minimum Gasteiger partial charge on any atom is -0.345 e. The Bertz CT molecular complexity index is 1250. The van der Waals surface area contributed by atoms with Crippen LogP contribution in [-0.2, 0) is 23.0 Å². The standard InChI is InChI=1S/C26H28N2O3S/c1-18-8-14-23(16-19(18)2)28(32(3,30)31)17-20-9-11-22(12-10-20)26(29)27-25-15-13-21-6-4-5-7-24(21)25/h4-12,14,16,25H,13,15,17H2,1-3H3,(H,27,29). The van der Waals surface area contributed by atoms with Gasteiger partial charge in [0, 0.05) is 5.56 Å². The zero-order chi connectivity index (χ0) is 22.9. The summed E-state index contributed by atoms with van der Waals surface area (Å²) in [6.07, 6.45) is 3.09. The van der Waals surface area contributed by atoms with E-state index >= 15 is 0 Å². The number of hydrogen-bond donors (Lipinski definition) is 1. The van der Waals surface area contributed by atoms with Crippen LogP contribution in [0.1, 0.15) is 50.6 Å². The normalized spacial score (nSPS) is 15.3. The molecular weight excluding hydrogens is 420 g/mol. The molecule has 6 heteroatoms. The highest BCUT2D eigenvalue weighted by atomic mass is 32.2. The van der Waals surface area contributed by atoms with Crippen molar-refractivity contribution in [3.8, 4) is 0 Å². The number of rotatable bonds is 6. The van der Waals surface area contributed by atoms with Crippen LogP contribution in [0.15, 0.2) is 66.7 Å². The van der Waals surface area contributed by atoms with E-state index in [9.17, 15) is 13.2 Å². The van der Waals surface area contributed by atoms with E-state index in [0.29, 0.717) is 11.3 Å². The number of nitrogens with one attached hydrogen (secondary N) is 1. The number of carbonyl (C=O) groups is 1. The van der Waals surface area contributed by atoms with Crippen LogP contribution < -0.4 is 9.62 Å². The summed E-state index contributed by atoms with van der Waals surface area (Å²) in [6, 6.07) is 21.0. The van der Waals surface area contributed by atoms with Crippen LogP contribution in [0.3, 0.4) is 0 Å². The lowest BCUT2D eigenvalue weighted by atomic mass is 10.1. The first-order valence-corrected chi connectivity index (χ1v) is 12.6. The molecule has 0 heterocycles. The zero-order valence-corrected chi connectivity index (χ0v) is 19.4. The van der Waals surface area contributed by atoms with Gasteiger partial charge in [0.2, 0.25) is 10.0 Å². The molecule has 1 atom stereocenters. The monoisotopic (exact) mass is 448 g/mol. The zero-order valence-electron chi connectivity index (χ0n) is 18.6. The molecule has 1 aliphatic carbocycles. The van der Waals surface area contributed by atoms with Crippen molar-refractivity contribution in [2.75, 3.05) is 10.6 Å². The van der Waals surface area contributed by atoms with E-state index in [4.69, 9.17) is 0 Å². The summed E-state index contributed by atoms with van der Waals surface area (Å²) in [4.78, 5) is 12.8. The first kappa shape index (κ1) is 22.1. The third kappa shape index (κ3) is 4.70. The van der Waals surface area contributed by atoms with Gasteiger partial charge in [0.15, 0.2) is 0 Å². The molecule has 0 bridgehead atoms. The second-order valence-corrected chi connectivity index (χ2v) is 10.4. The average molecular weight is 449 g/mol. The number of hydrogen-bond acceptors (Lipinski definition) is 3. The van der Waals surface area contributed by atoms with E-state index < -0.39 is 10.0 Å². The first-order chi connectivity index (χ1) is 15.2. The van der Waals surface area contributed by atoms with Gasteiger partial charge in [-0.15, -0.1) is 0 Å². The molecule has 1 aliphatic rings. The van der Waals surface area contributed by atoms with Gasteiger partial charge in [-0.3, -0.25) is 9.10 Å². The minimum atomic E-state index is -3.46. The second-order valence-electron chi connectivity index (χ2n) is 8.50. The number of carbonyl (C=O) groups excluding carboxylic acids is 1. The molecule has 0 saturated heterocycles.